The molecule has 0 saturated carbocycles. The molecule has 0 aliphatic heterocycles. The third-order valence-corrected chi connectivity index (χ3v) is 4.51. The van der Waals surface area contributed by atoms with Crippen molar-refractivity contribution in [3.8, 4) is 0 Å². The molecule has 4 aromatic rings. The Morgan fingerprint density at radius 3 is 1.95 bits per heavy atom. The Morgan fingerprint density at radius 1 is 0.727 bits per heavy atom. The monoisotopic (exact) mass is 285 g/mol. The van der Waals surface area contributed by atoms with Gasteiger partial charge in [0.1, 0.15) is 0 Å². The van der Waals surface area contributed by atoms with E-state index in [-0.39, 0.29) is 0 Å². The number of hydrogen-bond acceptors (Lipinski definition) is 0. The van der Waals surface area contributed by atoms with Crippen molar-refractivity contribution in [2.45, 2.75) is 20.4 Å². The second-order valence-electron chi connectivity index (χ2n) is 6.05. The zero-order valence-electron chi connectivity index (χ0n) is 13.0. The molecule has 0 unspecified atom stereocenters. The average molecular weight is 285 g/mol. The van der Waals surface area contributed by atoms with E-state index in [0.29, 0.717) is 0 Å². The topological polar surface area (TPSA) is 4.93 Å². The number of para-hydroxylation sites is 2. The molecule has 1 aromatic heterocycles. The van der Waals surface area contributed by atoms with E-state index in [1.54, 1.807) is 0 Å². The average Bonchev–Trinajstić information content (AvgIpc) is 2.86. The van der Waals surface area contributed by atoms with Gasteiger partial charge in [0.25, 0.3) is 0 Å². The van der Waals surface area contributed by atoms with E-state index in [9.17, 15) is 0 Å². The summed E-state index contributed by atoms with van der Waals surface area (Å²) in [6.07, 6.45) is 0. The largest absolute Gasteiger partial charge is 0.336 e. The lowest BCUT2D eigenvalue weighted by atomic mass is 10.1. The molecule has 1 heterocycles. The fourth-order valence-electron chi connectivity index (χ4n) is 3.31. The second-order valence-corrected chi connectivity index (χ2v) is 6.05. The summed E-state index contributed by atoms with van der Waals surface area (Å²) in [4.78, 5) is 0. The molecule has 0 radical (unpaired) electrons. The third-order valence-electron chi connectivity index (χ3n) is 4.51. The zero-order chi connectivity index (χ0) is 15.1. The molecule has 3 aromatic carbocycles. The first-order chi connectivity index (χ1) is 10.7. The van der Waals surface area contributed by atoms with Gasteiger partial charge in [0.15, 0.2) is 0 Å². The number of benzene rings is 3. The van der Waals surface area contributed by atoms with Crippen molar-refractivity contribution >= 4 is 21.8 Å². The van der Waals surface area contributed by atoms with Crippen LogP contribution in [0.4, 0.5) is 0 Å². The maximum absolute atomic E-state index is 2.44. The minimum absolute atomic E-state index is 0.918. The Morgan fingerprint density at radius 2 is 1.32 bits per heavy atom. The number of rotatable bonds is 2. The fourth-order valence-corrected chi connectivity index (χ4v) is 3.31. The van der Waals surface area contributed by atoms with E-state index in [2.05, 4.69) is 85.1 Å². The molecule has 4 rings (SSSR count). The molecule has 0 aliphatic rings. The maximum Gasteiger partial charge on any atom is 0.0494 e. The molecule has 0 aliphatic carbocycles. The number of aryl methyl sites for hydroxylation is 2. The highest BCUT2D eigenvalue weighted by atomic mass is 15.0. The molecular formula is C21H19N. The summed E-state index contributed by atoms with van der Waals surface area (Å²) in [6, 6.07) is 24.1. The van der Waals surface area contributed by atoms with Gasteiger partial charge < -0.3 is 4.57 Å². The van der Waals surface area contributed by atoms with Gasteiger partial charge in [-0.3, -0.25) is 0 Å². The van der Waals surface area contributed by atoms with Gasteiger partial charge in [-0.1, -0.05) is 60.2 Å². The molecule has 0 spiro atoms. The summed E-state index contributed by atoms with van der Waals surface area (Å²) in [5.41, 5.74) is 6.69. The predicted octanol–water partition coefficient (Wildman–Crippen LogP) is 5.46. The van der Waals surface area contributed by atoms with Crippen molar-refractivity contribution in [2.75, 3.05) is 0 Å². The first-order valence-electron chi connectivity index (χ1n) is 7.76. The highest BCUT2D eigenvalue weighted by molar-refractivity contribution is 6.08. The zero-order valence-corrected chi connectivity index (χ0v) is 13.0. The van der Waals surface area contributed by atoms with Crippen LogP contribution in [0.25, 0.3) is 21.8 Å². The molecule has 0 amide bonds. The minimum Gasteiger partial charge on any atom is -0.336 e. The van der Waals surface area contributed by atoms with Gasteiger partial charge in [0.05, 0.1) is 0 Å². The summed E-state index contributed by atoms with van der Waals surface area (Å²) >= 11 is 0. The molecule has 108 valence electrons. The Bertz CT molecular complexity index is 922. The summed E-state index contributed by atoms with van der Waals surface area (Å²) < 4.78 is 2.44. The van der Waals surface area contributed by atoms with Crippen LogP contribution in [0.2, 0.25) is 0 Å². The van der Waals surface area contributed by atoms with Gasteiger partial charge in [-0.2, -0.15) is 0 Å². The lowest BCUT2D eigenvalue weighted by Gasteiger charge is -2.11. The van der Waals surface area contributed by atoms with Crippen LogP contribution in [0.15, 0.2) is 66.7 Å². The molecule has 0 saturated heterocycles. The normalized spacial score (nSPS) is 11.4. The Kier molecular flexibility index (Phi) is 3.00. The van der Waals surface area contributed by atoms with Crippen LogP contribution >= 0.6 is 0 Å². The Labute approximate surface area is 130 Å². The van der Waals surface area contributed by atoms with E-state index >= 15 is 0 Å². The summed E-state index contributed by atoms with van der Waals surface area (Å²) in [5, 5.41) is 2.67. The number of aromatic nitrogens is 1. The van der Waals surface area contributed by atoms with Crippen LogP contribution in [0, 0.1) is 13.8 Å². The molecule has 1 nitrogen and oxygen atoms in total. The van der Waals surface area contributed by atoms with Crippen LogP contribution in [-0.4, -0.2) is 4.57 Å². The molecule has 0 atom stereocenters. The van der Waals surface area contributed by atoms with Crippen molar-refractivity contribution in [3.63, 3.8) is 0 Å². The SMILES string of the molecule is Cc1ccc(C)c(Cn2c3ccccc3c3ccccc32)c1. The van der Waals surface area contributed by atoms with Gasteiger partial charge in [0.2, 0.25) is 0 Å². The highest BCUT2D eigenvalue weighted by Gasteiger charge is 2.10. The van der Waals surface area contributed by atoms with Crippen LogP contribution in [0.1, 0.15) is 16.7 Å². The number of nitrogens with zero attached hydrogens (tertiary/aromatic N) is 1. The Balaban J connectivity index is 1.98. The lowest BCUT2D eigenvalue weighted by molar-refractivity contribution is 0.860. The molecule has 1 heteroatoms. The summed E-state index contributed by atoms with van der Waals surface area (Å²) in [5.74, 6) is 0. The first kappa shape index (κ1) is 13.1. The third kappa shape index (κ3) is 2.01. The second kappa shape index (κ2) is 5.03. The molecule has 0 N–H and O–H groups in total. The van der Waals surface area contributed by atoms with Gasteiger partial charge in [-0.25, -0.2) is 0 Å². The lowest BCUT2D eigenvalue weighted by Crippen LogP contribution is -2.01. The van der Waals surface area contributed by atoms with Crippen molar-refractivity contribution in [1.29, 1.82) is 0 Å². The molecular weight excluding hydrogens is 266 g/mol. The van der Waals surface area contributed by atoms with E-state index in [0.717, 1.165) is 6.54 Å². The van der Waals surface area contributed by atoms with Crippen molar-refractivity contribution in [1.82, 2.24) is 4.57 Å². The summed E-state index contributed by atoms with van der Waals surface area (Å²) in [6.45, 7) is 5.28. The van der Waals surface area contributed by atoms with E-state index in [1.165, 1.54) is 38.5 Å². The van der Waals surface area contributed by atoms with Crippen molar-refractivity contribution in [2.24, 2.45) is 0 Å². The fraction of sp³-hybridized carbons (Fsp3) is 0.143. The van der Waals surface area contributed by atoms with E-state index < -0.39 is 0 Å². The molecule has 0 fully saturated rings. The first-order valence-corrected chi connectivity index (χ1v) is 7.76. The van der Waals surface area contributed by atoms with Gasteiger partial charge >= 0.3 is 0 Å². The van der Waals surface area contributed by atoms with Crippen LogP contribution in [0.3, 0.4) is 0 Å². The minimum atomic E-state index is 0.918. The standard InChI is InChI=1S/C21H19N/c1-15-11-12-16(2)17(13-15)14-22-20-9-5-3-7-18(20)19-8-4-6-10-21(19)22/h3-13H,14H2,1-2H3. The summed E-state index contributed by atoms with van der Waals surface area (Å²) in [7, 11) is 0. The van der Waals surface area contributed by atoms with Gasteiger partial charge in [-0.05, 0) is 37.1 Å². The van der Waals surface area contributed by atoms with Crippen molar-refractivity contribution < 1.29 is 0 Å². The van der Waals surface area contributed by atoms with Gasteiger partial charge in [0, 0.05) is 28.4 Å². The van der Waals surface area contributed by atoms with E-state index in [1.807, 2.05) is 0 Å². The molecule has 0 bridgehead atoms. The smallest absolute Gasteiger partial charge is 0.0494 e. The van der Waals surface area contributed by atoms with Crippen LogP contribution in [0.5, 0.6) is 0 Å². The molecule has 22 heavy (non-hydrogen) atoms. The highest BCUT2D eigenvalue weighted by Crippen LogP contribution is 2.29. The quantitative estimate of drug-likeness (QED) is 0.461. The number of hydrogen-bond donors (Lipinski definition) is 0. The number of fused-ring (bicyclic) bond motifs is 3. The van der Waals surface area contributed by atoms with Crippen LogP contribution in [-0.2, 0) is 6.54 Å². The van der Waals surface area contributed by atoms with Crippen LogP contribution < -0.4 is 0 Å². The van der Waals surface area contributed by atoms with Crippen molar-refractivity contribution in [3.05, 3.63) is 83.4 Å². The van der Waals surface area contributed by atoms with Gasteiger partial charge in [-0.15, -0.1) is 0 Å². The Hall–Kier alpha value is -2.54. The maximum atomic E-state index is 2.44. The van der Waals surface area contributed by atoms with E-state index in [4.69, 9.17) is 0 Å². The predicted molar refractivity (Wildman–Crippen MR) is 94.5 cm³/mol.